The lowest BCUT2D eigenvalue weighted by Crippen LogP contribution is -2.50. The first-order chi connectivity index (χ1) is 14.7. The number of sulfonamides is 1. The summed E-state index contributed by atoms with van der Waals surface area (Å²) < 4.78 is 55.6. The first-order valence-electron chi connectivity index (χ1n) is 9.83. The molecule has 1 N–H and O–H groups in total. The SMILES string of the molecule is Cc1ccc(S(=O)(=O)N2CCN(CC(=O)NCc3ccc(OC(F)F)cc3)CC2)cc1. The number of halogens is 2. The van der Waals surface area contributed by atoms with Crippen LogP contribution in [0.25, 0.3) is 0 Å². The maximum absolute atomic E-state index is 12.7. The number of benzene rings is 2. The number of aryl methyl sites for hydroxylation is 1. The van der Waals surface area contributed by atoms with E-state index in [1.54, 1.807) is 36.4 Å². The van der Waals surface area contributed by atoms with Crippen molar-refractivity contribution in [3.8, 4) is 5.75 Å². The van der Waals surface area contributed by atoms with Crippen LogP contribution in [0.2, 0.25) is 0 Å². The standard InChI is InChI=1S/C21H25F2N3O4S/c1-16-2-8-19(9-3-16)31(28,29)26-12-10-25(11-13-26)15-20(27)24-14-17-4-6-18(7-5-17)30-21(22)23/h2-9,21H,10-15H2,1H3,(H,24,27). The Hall–Kier alpha value is -2.56. The van der Waals surface area contributed by atoms with E-state index < -0.39 is 16.6 Å². The van der Waals surface area contributed by atoms with Crippen molar-refractivity contribution in [2.24, 2.45) is 0 Å². The molecule has 7 nitrogen and oxygen atoms in total. The predicted molar refractivity (Wildman–Crippen MR) is 111 cm³/mol. The van der Waals surface area contributed by atoms with Gasteiger partial charge in [0.15, 0.2) is 0 Å². The molecule has 3 rings (SSSR count). The minimum atomic E-state index is -3.54. The van der Waals surface area contributed by atoms with Gasteiger partial charge < -0.3 is 10.1 Å². The smallest absolute Gasteiger partial charge is 0.387 e. The van der Waals surface area contributed by atoms with Crippen LogP contribution in [-0.2, 0) is 21.4 Å². The van der Waals surface area contributed by atoms with Gasteiger partial charge in [0.1, 0.15) is 5.75 Å². The highest BCUT2D eigenvalue weighted by Crippen LogP contribution is 2.18. The highest BCUT2D eigenvalue weighted by atomic mass is 32.2. The van der Waals surface area contributed by atoms with Crippen LogP contribution >= 0.6 is 0 Å². The molecule has 0 atom stereocenters. The average molecular weight is 454 g/mol. The monoisotopic (exact) mass is 453 g/mol. The number of hydrogen-bond donors (Lipinski definition) is 1. The lowest BCUT2D eigenvalue weighted by Gasteiger charge is -2.33. The number of nitrogens with zero attached hydrogens (tertiary/aromatic N) is 2. The van der Waals surface area contributed by atoms with Crippen LogP contribution < -0.4 is 10.1 Å². The van der Waals surface area contributed by atoms with Gasteiger partial charge in [-0.3, -0.25) is 9.69 Å². The molecule has 1 saturated heterocycles. The summed E-state index contributed by atoms with van der Waals surface area (Å²) in [5, 5.41) is 2.78. The first-order valence-corrected chi connectivity index (χ1v) is 11.3. The summed E-state index contributed by atoms with van der Waals surface area (Å²) >= 11 is 0. The number of carbonyl (C=O) groups excluding carboxylic acids is 1. The highest BCUT2D eigenvalue weighted by molar-refractivity contribution is 7.89. The van der Waals surface area contributed by atoms with E-state index in [0.717, 1.165) is 11.1 Å². The van der Waals surface area contributed by atoms with E-state index in [-0.39, 0.29) is 29.6 Å². The van der Waals surface area contributed by atoms with Gasteiger partial charge in [0.05, 0.1) is 11.4 Å². The van der Waals surface area contributed by atoms with Gasteiger partial charge >= 0.3 is 6.61 Å². The molecule has 0 bridgehead atoms. The van der Waals surface area contributed by atoms with E-state index in [1.807, 2.05) is 11.8 Å². The Balaban J connectivity index is 1.44. The molecule has 31 heavy (non-hydrogen) atoms. The normalized spacial score (nSPS) is 15.7. The molecule has 2 aromatic rings. The third-order valence-corrected chi connectivity index (χ3v) is 6.91. The fraction of sp³-hybridized carbons (Fsp3) is 0.381. The van der Waals surface area contributed by atoms with E-state index >= 15 is 0 Å². The minimum Gasteiger partial charge on any atom is -0.435 e. The second kappa shape index (κ2) is 10.2. The van der Waals surface area contributed by atoms with Crippen LogP contribution in [0.1, 0.15) is 11.1 Å². The maximum Gasteiger partial charge on any atom is 0.387 e. The molecular weight excluding hydrogens is 428 g/mol. The molecule has 168 valence electrons. The van der Waals surface area contributed by atoms with Gasteiger partial charge in [-0.1, -0.05) is 29.8 Å². The zero-order valence-corrected chi connectivity index (χ0v) is 17.9. The summed E-state index contributed by atoms with van der Waals surface area (Å²) in [6.45, 7) is 0.982. The molecule has 1 aliphatic rings. The summed E-state index contributed by atoms with van der Waals surface area (Å²) in [5.41, 5.74) is 1.75. The van der Waals surface area contributed by atoms with Gasteiger partial charge in [-0.15, -0.1) is 0 Å². The lowest BCUT2D eigenvalue weighted by molar-refractivity contribution is -0.122. The van der Waals surface area contributed by atoms with Crippen LogP contribution in [0.4, 0.5) is 8.78 Å². The van der Waals surface area contributed by atoms with Gasteiger partial charge in [-0.2, -0.15) is 13.1 Å². The van der Waals surface area contributed by atoms with Crippen molar-refractivity contribution >= 4 is 15.9 Å². The fourth-order valence-electron chi connectivity index (χ4n) is 3.24. The predicted octanol–water partition coefficient (Wildman–Crippen LogP) is 2.22. The van der Waals surface area contributed by atoms with Crippen molar-refractivity contribution in [1.82, 2.24) is 14.5 Å². The molecule has 1 aliphatic heterocycles. The van der Waals surface area contributed by atoms with E-state index in [1.165, 1.54) is 16.4 Å². The van der Waals surface area contributed by atoms with Gasteiger partial charge in [-0.05, 0) is 36.8 Å². The summed E-state index contributed by atoms with van der Waals surface area (Å²) in [5.74, 6) is -0.133. The first kappa shape index (κ1) is 23.1. The zero-order valence-electron chi connectivity index (χ0n) is 17.1. The number of rotatable bonds is 8. The summed E-state index contributed by atoms with van der Waals surface area (Å²) in [4.78, 5) is 14.4. The number of amides is 1. The maximum atomic E-state index is 12.7. The molecule has 0 aliphatic carbocycles. The molecule has 0 saturated carbocycles. The molecule has 1 heterocycles. The third kappa shape index (κ3) is 6.46. The third-order valence-electron chi connectivity index (χ3n) is 5.00. The van der Waals surface area contributed by atoms with Crippen LogP contribution in [0, 0.1) is 6.92 Å². The van der Waals surface area contributed by atoms with E-state index in [4.69, 9.17) is 0 Å². The van der Waals surface area contributed by atoms with Crippen molar-refractivity contribution < 1.29 is 26.7 Å². The quantitative estimate of drug-likeness (QED) is 0.663. The molecule has 0 aromatic heterocycles. The Kier molecular flexibility index (Phi) is 7.58. The van der Waals surface area contributed by atoms with Crippen molar-refractivity contribution in [1.29, 1.82) is 0 Å². The van der Waals surface area contributed by atoms with Crippen molar-refractivity contribution in [3.05, 3.63) is 59.7 Å². The Morgan fingerprint density at radius 3 is 2.23 bits per heavy atom. The zero-order chi connectivity index (χ0) is 22.4. The van der Waals surface area contributed by atoms with E-state index in [0.29, 0.717) is 26.2 Å². The van der Waals surface area contributed by atoms with Gasteiger partial charge in [0.2, 0.25) is 15.9 Å². The largest absolute Gasteiger partial charge is 0.435 e. The number of alkyl halides is 2. The highest BCUT2D eigenvalue weighted by Gasteiger charge is 2.28. The van der Waals surface area contributed by atoms with Crippen LogP contribution in [0.15, 0.2) is 53.4 Å². The molecular formula is C21H25F2N3O4S. The Labute approximate surface area is 180 Å². The van der Waals surface area contributed by atoms with Gasteiger partial charge in [-0.25, -0.2) is 8.42 Å². The lowest BCUT2D eigenvalue weighted by atomic mass is 10.2. The van der Waals surface area contributed by atoms with Crippen LogP contribution in [0.3, 0.4) is 0 Å². The van der Waals surface area contributed by atoms with E-state index in [2.05, 4.69) is 10.1 Å². The van der Waals surface area contributed by atoms with Gasteiger partial charge in [0, 0.05) is 32.7 Å². The summed E-state index contributed by atoms with van der Waals surface area (Å²) in [6, 6.07) is 12.8. The number of ether oxygens (including phenoxy) is 1. The van der Waals surface area contributed by atoms with Crippen LogP contribution in [-0.4, -0.2) is 62.9 Å². The second-order valence-corrected chi connectivity index (χ2v) is 9.23. The number of piperazine rings is 1. The average Bonchev–Trinajstić information content (AvgIpc) is 2.73. The van der Waals surface area contributed by atoms with Gasteiger partial charge in [0.25, 0.3) is 0 Å². The molecule has 2 aromatic carbocycles. The van der Waals surface area contributed by atoms with Crippen molar-refractivity contribution in [2.75, 3.05) is 32.7 Å². The molecule has 0 radical (unpaired) electrons. The number of hydrogen-bond acceptors (Lipinski definition) is 5. The fourth-order valence-corrected chi connectivity index (χ4v) is 4.66. The number of carbonyl (C=O) groups is 1. The molecule has 0 unspecified atom stereocenters. The van der Waals surface area contributed by atoms with Crippen molar-refractivity contribution in [3.63, 3.8) is 0 Å². The molecule has 10 heteroatoms. The molecule has 1 amide bonds. The molecule has 1 fully saturated rings. The Bertz CT molecular complexity index is 975. The van der Waals surface area contributed by atoms with Crippen LogP contribution in [0.5, 0.6) is 5.75 Å². The Morgan fingerprint density at radius 2 is 1.65 bits per heavy atom. The molecule has 0 spiro atoms. The minimum absolute atomic E-state index is 0.0588. The second-order valence-electron chi connectivity index (χ2n) is 7.29. The number of nitrogens with one attached hydrogen (secondary N) is 1. The van der Waals surface area contributed by atoms with E-state index in [9.17, 15) is 22.0 Å². The Morgan fingerprint density at radius 1 is 1.03 bits per heavy atom. The summed E-state index contributed by atoms with van der Waals surface area (Å²) in [6.07, 6.45) is 0. The summed E-state index contributed by atoms with van der Waals surface area (Å²) in [7, 11) is -3.54. The van der Waals surface area contributed by atoms with Crippen molar-refractivity contribution in [2.45, 2.75) is 25.0 Å². The topological polar surface area (TPSA) is 79.0 Å².